The van der Waals surface area contributed by atoms with E-state index in [1.807, 2.05) is 0 Å². The van der Waals surface area contributed by atoms with Crippen molar-refractivity contribution in [3.05, 3.63) is 0 Å². The molecule has 5 nitrogen and oxygen atoms in total. The minimum absolute atomic E-state index is 0.0140. The van der Waals surface area contributed by atoms with Gasteiger partial charge in [0.05, 0.1) is 5.75 Å². The molecule has 0 saturated heterocycles. The van der Waals surface area contributed by atoms with Crippen molar-refractivity contribution in [1.82, 2.24) is 5.32 Å². The molecule has 19 heavy (non-hydrogen) atoms. The van der Waals surface area contributed by atoms with Crippen LogP contribution >= 0.6 is 0 Å². The van der Waals surface area contributed by atoms with E-state index in [4.69, 9.17) is 5.73 Å². The van der Waals surface area contributed by atoms with E-state index in [2.05, 4.69) is 12.2 Å². The molecule has 1 amide bonds. The van der Waals surface area contributed by atoms with E-state index in [1.54, 1.807) is 6.92 Å². The first-order valence-electron chi connectivity index (χ1n) is 6.95. The van der Waals surface area contributed by atoms with Crippen LogP contribution in [0.4, 0.5) is 0 Å². The first kappa shape index (κ1) is 18.4. The van der Waals surface area contributed by atoms with Crippen LogP contribution in [-0.4, -0.2) is 38.9 Å². The van der Waals surface area contributed by atoms with Crippen LogP contribution in [0.5, 0.6) is 0 Å². The minimum atomic E-state index is -3.05. The summed E-state index contributed by atoms with van der Waals surface area (Å²) in [7, 11) is -3.05. The summed E-state index contributed by atoms with van der Waals surface area (Å²) in [4.78, 5) is 11.7. The van der Waals surface area contributed by atoms with Gasteiger partial charge in [-0.2, -0.15) is 0 Å². The predicted octanol–water partition coefficient (Wildman–Crippen LogP) is 1.08. The lowest BCUT2D eigenvalue weighted by Crippen LogP contribution is -2.37. The Balaban J connectivity index is 4.02. The molecule has 0 radical (unpaired) electrons. The summed E-state index contributed by atoms with van der Waals surface area (Å²) >= 11 is 0. The average molecular weight is 292 g/mol. The highest BCUT2D eigenvalue weighted by atomic mass is 32.2. The maximum atomic E-state index is 11.7. The van der Waals surface area contributed by atoms with Crippen LogP contribution in [0, 0.1) is 5.92 Å². The zero-order valence-corrected chi connectivity index (χ0v) is 13.1. The Hall–Kier alpha value is -0.620. The second kappa shape index (κ2) is 9.31. The second-order valence-electron chi connectivity index (χ2n) is 5.33. The molecular formula is C13H28N2O3S. The monoisotopic (exact) mass is 292 g/mol. The van der Waals surface area contributed by atoms with Crippen molar-refractivity contribution < 1.29 is 13.2 Å². The number of rotatable bonds is 10. The summed E-state index contributed by atoms with van der Waals surface area (Å²) in [5.41, 5.74) is 5.55. The molecule has 0 spiro atoms. The lowest BCUT2D eigenvalue weighted by molar-refractivity contribution is -0.121. The van der Waals surface area contributed by atoms with Crippen molar-refractivity contribution in [2.24, 2.45) is 11.7 Å². The van der Waals surface area contributed by atoms with Crippen LogP contribution in [0.15, 0.2) is 0 Å². The van der Waals surface area contributed by atoms with Gasteiger partial charge < -0.3 is 11.1 Å². The van der Waals surface area contributed by atoms with E-state index in [0.29, 0.717) is 18.9 Å². The first-order chi connectivity index (χ1) is 8.78. The van der Waals surface area contributed by atoms with Crippen LogP contribution < -0.4 is 11.1 Å². The molecule has 114 valence electrons. The highest BCUT2D eigenvalue weighted by molar-refractivity contribution is 7.90. The number of hydrogen-bond acceptors (Lipinski definition) is 4. The topological polar surface area (TPSA) is 89.3 Å². The van der Waals surface area contributed by atoms with Crippen LogP contribution in [0.1, 0.15) is 46.0 Å². The van der Waals surface area contributed by atoms with E-state index in [-0.39, 0.29) is 17.7 Å². The number of sulfone groups is 1. The molecule has 0 rings (SSSR count). The number of carbonyl (C=O) groups excluding carboxylic acids is 1. The fourth-order valence-electron chi connectivity index (χ4n) is 2.25. The number of carbonyl (C=O) groups is 1. The van der Waals surface area contributed by atoms with E-state index in [1.165, 1.54) is 6.26 Å². The van der Waals surface area contributed by atoms with Gasteiger partial charge in [-0.1, -0.05) is 19.8 Å². The smallest absolute Gasteiger partial charge is 0.220 e. The predicted molar refractivity (Wildman–Crippen MR) is 78.6 cm³/mol. The van der Waals surface area contributed by atoms with Crippen LogP contribution in [0.2, 0.25) is 0 Å². The Kier molecular flexibility index (Phi) is 9.01. The molecule has 0 fully saturated rings. The van der Waals surface area contributed by atoms with Crippen molar-refractivity contribution in [3.63, 3.8) is 0 Å². The van der Waals surface area contributed by atoms with Gasteiger partial charge >= 0.3 is 0 Å². The van der Waals surface area contributed by atoms with Gasteiger partial charge in [-0.25, -0.2) is 8.42 Å². The fourth-order valence-corrected chi connectivity index (χ4v) is 3.25. The zero-order chi connectivity index (χ0) is 14.9. The maximum Gasteiger partial charge on any atom is 0.220 e. The Morgan fingerprint density at radius 3 is 2.37 bits per heavy atom. The van der Waals surface area contributed by atoms with Gasteiger partial charge in [-0.3, -0.25) is 4.79 Å². The van der Waals surface area contributed by atoms with Crippen molar-refractivity contribution >= 4 is 15.7 Å². The summed E-state index contributed by atoms with van der Waals surface area (Å²) in [6.45, 7) is 4.48. The standard InChI is InChI=1S/C13H28N2O3S/c1-4-5-12(8-9-14)6-7-13(16)15-11(2)10-19(3,17)18/h11-12H,4-10,14H2,1-3H3,(H,15,16). The van der Waals surface area contributed by atoms with E-state index >= 15 is 0 Å². The van der Waals surface area contributed by atoms with Crippen LogP contribution in [0.3, 0.4) is 0 Å². The molecule has 3 N–H and O–H groups in total. The van der Waals surface area contributed by atoms with Crippen molar-refractivity contribution in [3.8, 4) is 0 Å². The molecule has 0 aliphatic carbocycles. The Labute approximate surface area is 117 Å². The number of hydrogen-bond donors (Lipinski definition) is 2. The summed E-state index contributed by atoms with van der Waals surface area (Å²) in [5.74, 6) is 0.403. The third kappa shape index (κ3) is 10.9. The van der Waals surface area contributed by atoms with Gasteiger partial charge in [0.1, 0.15) is 9.84 Å². The van der Waals surface area contributed by atoms with Crippen LogP contribution in [0.25, 0.3) is 0 Å². The highest BCUT2D eigenvalue weighted by Crippen LogP contribution is 2.16. The number of nitrogens with one attached hydrogen (secondary N) is 1. The SMILES string of the molecule is CCCC(CCN)CCC(=O)NC(C)CS(C)(=O)=O. The molecule has 0 saturated carbocycles. The average Bonchev–Trinajstić information content (AvgIpc) is 2.23. The van der Waals surface area contributed by atoms with Gasteiger partial charge in [0.25, 0.3) is 0 Å². The fraction of sp³-hybridized carbons (Fsp3) is 0.923. The van der Waals surface area contributed by atoms with Gasteiger partial charge in [-0.15, -0.1) is 0 Å². The van der Waals surface area contributed by atoms with Crippen molar-refractivity contribution in [1.29, 1.82) is 0 Å². The molecule has 0 bridgehead atoms. The summed E-state index contributed by atoms with van der Waals surface area (Å²) in [6.07, 6.45) is 5.57. The third-order valence-electron chi connectivity index (χ3n) is 3.01. The Morgan fingerprint density at radius 2 is 1.89 bits per heavy atom. The molecule has 0 aromatic rings. The maximum absolute atomic E-state index is 11.7. The molecule has 0 aromatic carbocycles. The van der Waals surface area contributed by atoms with Gasteiger partial charge in [0.2, 0.25) is 5.91 Å². The quantitative estimate of drug-likeness (QED) is 0.630. The van der Waals surface area contributed by atoms with E-state index in [0.717, 1.165) is 25.7 Å². The summed E-state index contributed by atoms with van der Waals surface area (Å²) in [6, 6.07) is -0.332. The minimum Gasteiger partial charge on any atom is -0.353 e. The largest absolute Gasteiger partial charge is 0.353 e. The van der Waals surface area contributed by atoms with E-state index < -0.39 is 9.84 Å². The summed E-state index contributed by atoms with van der Waals surface area (Å²) in [5, 5.41) is 2.73. The van der Waals surface area contributed by atoms with Crippen LogP contribution in [-0.2, 0) is 14.6 Å². The molecule has 0 aromatic heterocycles. The molecule has 0 heterocycles. The number of amides is 1. The normalized spacial score (nSPS) is 14.9. The first-order valence-corrected chi connectivity index (χ1v) is 9.01. The Morgan fingerprint density at radius 1 is 1.26 bits per heavy atom. The van der Waals surface area contributed by atoms with Gasteiger partial charge in [0.15, 0.2) is 0 Å². The molecule has 0 aliphatic heterocycles. The van der Waals surface area contributed by atoms with Crippen molar-refractivity contribution in [2.45, 2.75) is 52.0 Å². The lowest BCUT2D eigenvalue weighted by atomic mass is 9.94. The molecule has 2 unspecified atom stereocenters. The van der Waals surface area contributed by atoms with E-state index in [9.17, 15) is 13.2 Å². The van der Waals surface area contributed by atoms with Gasteiger partial charge in [-0.05, 0) is 32.2 Å². The molecule has 2 atom stereocenters. The molecule has 6 heteroatoms. The third-order valence-corrected chi connectivity index (χ3v) is 4.12. The lowest BCUT2D eigenvalue weighted by Gasteiger charge is -2.16. The Bertz CT molecular complexity index is 349. The zero-order valence-electron chi connectivity index (χ0n) is 12.3. The second-order valence-corrected chi connectivity index (χ2v) is 7.52. The molecular weight excluding hydrogens is 264 g/mol. The highest BCUT2D eigenvalue weighted by Gasteiger charge is 2.14. The van der Waals surface area contributed by atoms with Gasteiger partial charge in [0, 0.05) is 18.7 Å². The van der Waals surface area contributed by atoms with Crippen molar-refractivity contribution in [2.75, 3.05) is 18.6 Å². The molecule has 0 aliphatic rings. The number of nitrogens with two attached hydrogens (primary N) is 1. The summed E-state index contributed by atoms with van der Waals surface area (Å²) < 4.78 is 22.2.